The molecule has 358 valence electrons. The van der Waals surface area contributed by atoms with E-state index < -0.39 is 58.2 Å². The van der Waals surface area contributed by atoms with Gasteiger partial charge in [0.05, 0.1) is 0 Å². The molecule has 0 radical (unpaired) electrons. The van der Waals surface area contributed by atoms with Gasteiger partial charge in [-0.1, -0.05) is 126 Å². The van der Waals surface area contributed by atoms with E-state index in [-0.39, 0.29) is 28.7 Å². The van der Waals surface area contributed by atoms with Crippen molar-refractivity contribution < 1.29 is 43.4 Å². The quantitative estimate of drug-likeness (QED) is 0.0107. The van der Waals surface area contributed by atoms with Gasteiger partial charge in [0, 0.05) is 45.8 Å². The van der Waals surface area contributed by atoms with E-state index in [2.05, 4.69) is 36.1 Å². The predicted octanol–water partition coefficient (Wildman–Crippen LogP) is 8.04. The van der Waals surface area contributed by atoms with Gasteiger partial charge in [-0.3, -0.25) is 19.8 Å². The Hall–Kier alpha value is -6.90. The number of benzene rings is 3. The summed E-state index contributed by atoms with van der Waals surface area (Å²) < 4.78 is 10.7. The highest BCUT2D eigenvalue weighted by molar-refractivity contribution is 8.06. The van der Waals surface area contributed by atoms with E-state index in [0.29, 0.717) is 44.1 Å². The van der Waals surface area contributed by atoms with Gasteiger partial charge in [0.15, 0.2) is 10.9 Å². The molecule has 20 heteroatoms. The second-order valence-electron chi connectivity index (χ2n) is 17.3. The fourth-order valence-electron chi connectivity index (χ4n) is 7.11. The van der Waals surface area contributed by atoms with E-state index in [1.54, 1.807) is 59.9 Å². The van der Waals surface area contributed by atoms with Crippen molar-refractivity contribution in [3.63, 3.8) is 0 Å². The van der Waals surface area contributed by atoms with E-state index in [1.807, 2.05) is 91.0 Å². The van der Waals surface area contributed by atoms with Crippen LogP contribution in [-0.4, -0.2) is 101 Å². The number of amides is 4. The molecule has 0 aliphatic carbocycles. The van der Waals surface area contributed by atoms with Crippen LogP contribution in [0.15, 0.2) is 147 Å². The number of nitrogens with zero attached hydrogens (tertiary/aromatic N) is 5. The van der Waals surface area contributed by atoms with Crippen LogP contribution < -0.4 is 16.0 Å². The molecule has 4 N–H and O–H groups in total. The zero-order valence-electron chi connectivity index (χ0n) is 38.5. The number of alkyl carbamates (subject to hydrolysis) is 1. The first-order valence-electron chi connectivity index (χ1n) is 21.6. The Balaban J connectivity index is 1.16. The van der Waals surface area contributed by atoms with Crippen molar-refractivity contribution in [1.29, 1.82) is 0 Å². The topological polar surface area (TPSA) is 224 Å². The third-order valence-corrected chi connectivity index (χ3v) is 13.3. The van der Waals surface area contributed by atoms with E-state index in [4.69, 9.17) is 14.3 Å². The van der Waals surface area contributed by atoms with E-state index in [0.717, 1.165) is 16.7 Å². The molecule has 2 aliphatic rings. The molecular formula is C49H50N8O9S3. The standard InChI is InChI=1S/C49H50N8O9S3/c1-47(2,3)64-45(62)51-27-28-67-44-50-26-25-36(54-44)69-34-29-68-42-38(41(59)57(42)39(34)43(60)61)55-40(58)37(33-23-16-24-35(52-33)53-46(63)65-48(4,5)6)56-66-49(30-17-10-7-11-18-30,31-19-12-8-13-20-31)32-21-14-9-15-22-32/h7-26,38,42H,27-29H2,1-6H3,(H,51,62)(H,55,58)(H,60,61)(H,52,53,63)/b56-37-/t38-,42-/m1/s1. The molecule has 1 fully saturated rings. The number of anilines is 1. The molecular weight excluding hydrogens is 941 g/mol. The van der Waals surface area contributed by atoms with Crippen molar-refractivity contribution >= 4 is 76.8 Å². The number of carbonyl (C=O) groups is 5. The van der Waals surface area contributed by atoms with Crippen molar-refractivity contribution in [2.24, 2.45) is 5.16 Å². The number of carboxylic acids is 1. The zero-order valence-corrected chi connectivity index (χ0v) is 40.9. The molecule has 1 saturated heterocycles. The maximum absolute atomic E-state index is 14.7. The molecule has 17 nitrogen and oxygen atoms in total. The first-order valence-corrected chi connectivity index (χ1v) is 24.5. The van der Waals surface area contributed by atoms with E-state index >= 15 is 0 Å². The van der Waals surface area contributed by atoms with Crippen LogP contribution in [0.3, 0.4) is 0 Å². The smallest absolute Gasteiger partial charge is 0.413 e. The van der Waals surface area contributed by atoms with Crippen LogP contribution in [0.25, 0.3) is 0 Å². The molecule has 0 spiro atoms. The molecule has 4 heterocycles. The summed E-state index contributed by atoms with van der Waals surface area (Å²) in [5.74, 6) is -2.18. The van der Waals surface area contributed by atoms with Gasteiger partial charge in [0.2, 0.25) is 5.60 Å². The SMILES string of the molecule is CC(C)(C)OC(=O)NCCSc1nccc(SC2=C(C(=O)O)N3C(=O)[C@@H](NC(=O)/C(=N\OC(c4ccccc4)(c4ccccc4)c4ccccc4)c4cccc(NC(=O)OC(C)(C)C)n4)[C@H]3SC2)n1. The first kappa shape index (κ1) is 50.0. The number of ether oxygens (including phenoxy) is 2. The van der Waals surface area contributed by atoms with Gasteiger partial charge >= 0.3 is 18.2 Å². The normalized spacial score (nSPS) is 16.1. The molecule has 2 atom stereocenters. The minimum Gasteiger partial charge on any atom is -0.477 e. The Morgan fingerprint density at radius 2 is 1.39 bits per heavy atom. The highest BCUT2D eigenvalue weighted by atomic mass is 32.2. The van der Waals surface area contributed by atoms with Gasteiger partial charge in [0.25, 0.3) is 11.8 Å². The van der Waals surface area contributed by atoms with Gasteiger partial charge in [-0.2, -0.15) is 0 Å². The molecule has 0 bridgehead atoms. The van der Waals surface area contributed by atoms with Gasteiger partial charge in [-0.05, 0) is 59.7 Å². The number of pyridine rings is 1. The van der Waals surface area contributed by atoms with Crippen LogP contribution in [0.1, 0.15) is 63.9 Å². The van der Waals surface area contributed by atoms with Crippen LogP contribution in [0.5, 0.6) is 0 Å². The molecule has 3 aromatic carbocycles. The number of nitrogens with one attached hydrogen (secondary N) is 3. The molecule has 7 rings (SSSR count). The second-order valence-corrected chi connectivity index (χ2v) is 20.6. The number of thioether (sulfide) groups is 3. The molecule has 4 amide bonds. The predicted molar refractivity (Wildman–Crippen MR) is 263 cm³/mol. The van der Waals surface area contributed by atoms with Gasteiger partial charge in [-0.25, -0.2) is 29.3 Å². The van der Waals surface area contributed by atoms with Crippen LogP contribution in [0, 0.1) is 0 Å². The number of oxime groups is 1. The summed E-state index contributed by atoms with van der Waals surface area (Å²) in [4.78, 5) is 88.2. The number of rotatable bonds is 16. The molecule has 2 aliphatic heterocycles. The number of aromatic nitrogens is 3. The minimum absolute atomic E-state index is 0.0180. The lowest BCUT2D eigenvalue weighted by molar-refractivity contribution is -0.150. The third kappa shape index (κ3) is 12.4. The Morgan fingerprint density at radius 3 is 1.97 bits per heavy atom. The summed E-state index contributed by atoms with van der Waals surface area (Å²) in [6.07, 6.45) is 0.230. The Bertz CT molecular complexity index is 2660. The maximum Gasteiger partial charge on any atom is 0.413 e. The number of aliphatic carboxylic acids is 1. The summed E-state index contributed by atoms with van der Waals surface area (Å²) in [6, 6.07) is 33.2. The van der Waals surface area contributed by atoms with Crippen LogP contribution in [-0.2, 0) is 34.3 Å². The number of hydrogen-bond donors (Lipinski definition) is 4. The van der Waals surface area contributed by atoms with Crippen LogP contribution >= 0.6 is 35.3 Å². The number of hydrogen-bond acceptors (Lipinski definition) is 15. The fourth-order valence-corrected chi connectivity index (χ4v) is 10.3. The Kier molecular flexibility index (Phi) is 15.6. The number of carboxylic acid groups (broad SMARTS) is 1. The number of carbonyl (C=O) groups excluding carboxylic acids is 4. The Morgan fingerprint density at radius 1 is 0.797 bits per heavy atom. The lowest BCUT2D eigenvalue weighted by Crippen LogP contribution is -2.71. The van der Waals surface area contributed by atoms with Gasteiger partial charge in [0.1, 0.15) is 44.9 Å². The number of fused-ring (bicyclic) bond motifs is 1. The molecule has 0 saturated carbocycles. The zero-order chi connectivity index (χ0) is 49.3. The molecule has 0 unspecified atom stereocenters. The van der Waals surface area contributed by atoms with E-state index in [1.165, 1.54) is 35.7 Å². The van der Waals surface area contributed by atoms with Crippen LogP contribution in [0.2, 0.25) is 0 Å². The number of β-lactam (4-membered cyclic amide) rings is 1. The second kappa shape index (κ2) is 21.6. The summed E-state index contributed by atoms with van der Waals surface area (Å²) in [5, 5.41) is 23.2. The van der Waals surface area contributed by atoms with Crippen LogP contribution in [0.4, 0.5) is 15.4 Å². The summed E-state index contributed by atoms with van der Waals surface area (Å²) in [5.41, 5.74) is -1.38. The maximum atomic E-state index is 14.7. The average molecular weight is 991 g/mol. The average Bonchev–Trinajstić information content (AvgIpc) is 3.30. The Labute approximate surface area is 411 Å². The summed E-state index contributed by atoms with van der Waals surface area (Å²) in [6.45, 7) is 10.8. The molecule has 2 aromatic heterocycles. The minimum atomic E-state index is -1.42. The lowest BCUT2D eigenvalue weighted by Gasteiger charge is -2.49. The fraction of sp³-hybridized carbons (Fsp3) is 0.286. The molecule has 69 heavy (non-hydrogen) atoms. The van der Waals surface area contributed by atoms with E-state index in [9.17, 15) is 29.1 Å². The van der Waals surface area contributed by atoms with Crippen molar-refractivity contribution in [3.05, 3.63) is 154 Å². The van der Waals surface area contributed by atoms with Crippen molar-refractivity contribution in [1.82, 2.24) is 30.5 Å². The highest BCUT2D eigenvalue weighted by Gasteiger charge is 2.55. The first-order chi connectivity index (χ1) is 32.9. The van der Waals surface area contributed by atoms with Crippen molar-refractivity contribution in [2.45, 2.75) is 79.9 Å². The highest BCUT2D eigenvalue weighted by Crippen LogP contribution is 2.45. The van der Waals surface area contributed by atoms with Crippen molar-refractivity contribution in [3.8, 4) is 0 Å². The monoisotopic (exact) mass is 990 g/mol. The van der Waals surface area contributed by atoms with Crippen molar-refractivity contribution in [2.75, 3.05) is 23.4 Å². The molecule has 5 aromatic rings. The van der Waals surface area contributed by atoms with Gasteiger partial charge in [-0.15, -0.1) is 11.8 Å². The third-order valence-electron chi connectivity index (χ3n) is 9.91. The summed E-state index contributed by atoms with van der Waals surface area (Å²) >= 11 is 3.66. The summed E-state index contributed by atoms with van der Waals surface area (Å²) in [7, 11) is 0. The largest absolute Gasteiger partial charge is 0.477 e. The van der Waals surface area contributed by atoms with Gasteiger partial charge < -0.3 is 30.1 Å². The lowest BCUT2D eigenvalue weighted by atomic mass is 9.80.